The highest BCUT2D eigenvalue weighted by atomic mass is 14.6. The van der Waals surface area contributed by atoms with Gasteiger partial charge in [-0.15, -0.1) is 0 Å². The number of hydrogen-bond donors (Lipinski definition) is 1. The van der Waals surface area contributed by atoms with E-state index in [4.69, 9.17) is 5.73 Å². The molecule has 1 aromatic carbocycles. The van der Waals surface area contributed by atoms with Crippen LogP contribution in [0.2, 0.25) is 0 Å². The molecule has 0 bridgehead atoms. The molecule has 0 saturated heterocycles. The molecule has 0 amide bonds. The van der Waals surface area contributed by atoms with E-state index in [1.807, 2.05) is 18.2 Å². The van der Waals surface area contributed by atoms with E-state index in [0.29, 0.717) is 0 Å². The van der Waals surface area contributed by atoms with Crippen LogP contribution in [-0.2, 0) is 0 Å². The van der Waals surface area contributed by atoms with Gasteiger partial charge in [0.05, 0.1) is 0 Å². The minimum atomic E-state index is 0.228. The minimum absolute atomic E-state index is 0.228. The lowest BCUT2D eigenvalue weighted by molar-refractivity contribution is 0.603. The highest BCUT2D eigenvalue weighted by Crippen LogP contribution is 2.15. The van der Waals surface area contributed by atoms with Crippen LogP contribution in [0.1, 0.15) is 37.8 Å². The lowest BCUT2D eigenvalue weighted by atomic mass is 10.0. The van der Waals surface area contributed by atoms with Gasteiger partial charge in [0, 0.05) is 6.04 Å². The van der Waals surface area contributed by atoms with E-state index in [2.05, 4.69) is 19.1 Å². The number of hydrogen-bond acceptors (Lipinski definition) is 1. The van der Waals surface area contributed by atoms with E-state index in [1.54, 1.807) is 0 Å². The summed E-state index contributed by atoms with van der Waals surface area (Å²) in [4.78, 5) is 0. The van der Waals surface area contributed by atoms with Gasteiger partial charge in [0.2, 0.25) is 0 Å². The topological polar surface area (TPSA) is 26.0 Å². The Labute approximate surface area is 74.6 Å². The van der Waals surface area contributed by atoms with Crippen molar-refractivity contribution in [3.05, 3.63) is 35.9 Å². The summed E-state index contributed by atoms with van der Waals surface area (Å²) in [7, 11) is 0. The van der Waals surface area contributed by atoms with Crippen LogP contribution in [0.15, 0.2) is 30.3 Å². The fourth-order valence-corrected chi connectivity index (χ4v) is 1.29. The van der Waals surface area contributed by atoms with Gasteiger partial charge in [-0.1, -0.05) is 50.1 Å². The standard InChI is InChI=1S/C11H17N/c1-2-3-9-11(12)10-7-5-4-6-8-10/h4-8,11H,2-3,9,12H2,1H3/t11-/m1/s1. The van der Waals surface area contributed by atoms with Gasteiger partial charge in [-0.2, -0.15) is 0 Å². The molecule has 0 aromatic heterocycles. The molecule has 1 aromatic rings. The number of benzene rings is 1. The van der Waals surface area contributed by atoms with E-state index in [0.717, 1.165) is 6.42 Å². The summed E-state index contributed by atoms with van der Waals surface area (Å²) >= 11 is 0. The monoisotopic (exact) mass is 163 g/mol. The molecule has 0 aliphatic heterocycles. The van der Waals surface area contributed by atoms with Crippen LogP contribution >= 0.6 is 0 Å². The first-order chi connectivity index (χ1) is 5.84. The van der Waals surface area contributed by atoms with Crippen LogP contribution in [0.3, 0.4) is 0 Å². The van der Waals surface area contributed by atoms with Crippen LogP contribution in [0.25, 0.3) is 0 Å². The molecule has 66 valence electrons. The largest absolute Gasteiger partial charge is 0.324 e. The average Bonchev–Trinajstić information content (AvgIpc) is 2.15. The van der Waals surface area contributed by atoms with Crippen molar-refractivity contribution in [3.8, 4) is 0 Å². The predicted molar refractivity (Wildman–Crippen MR) is 52.9 cm³/mol. The van der Waals surface area contributed by atoms with Gasteiger partial charge < -0.3 is 5.73 Å². The van der Waals surface area contributed by atoms with Gasteiger partial charge in [0.25, 0.3) is 0 Å². The predicted octanol–water partition coefficient (Wildman–Crippen LogP) is 2.88. The van der Waals surface area contributed by atoms with Crippen molar-refractivity contribution in [3.63, 3.8) is 0 Å². The Morgan fingerprint density at radius 1 is 1.25 bits per heavy atom. The molecule has 1 atom stereocenters. The summed E-state index contributed by atoms with van der Waals surface area (Å²) in [5.41, 5.74) is 7.24. The normalized spacial score (nSPS) is 12.8. The highest BCUT2D eigenvalue weighted by Gasteiger charge is 2.02. The second-order valence-corrected chi connectivity index (χ2v) is 3.16. The van der Waals surface area contributed by atoms with Gasteiger partial charge in [0.1, 0.15) is 0 Å². The van der Waals surface area contributed by atoms with E-state index >= 15 is 0 Å². The van der Waals surface area contributed by atoms with Crippen molar-refractivity contribution in [1.29, 1.82) is 0 Å². The van der Waals surface area contributed by atoms with Crippen molar-refractivity contribution in [2.45, 2.75) is 32.2 Å². The Bertz CT molecular complexity index is 206. The second kappa shape index (κ2) is 4.94. The van der Waals surface area contributed by atoms with Gasteiger partial charge in [-0.25, -0.2) is 0 Å². The van der Waals surface area contributed by atoms with Crippen molar-refractivity contribution < 1.29 is 0 Å². The van der Waals surface area contributed by atoms with Crippen molar-refractivity contribution in [2.24, 2.45) is 5.73 Å². The number of nitrogens with two attached hydrogens (primary N) is 1. The highest BCUT2D eigenvalue weighted by molar-refractivity contribution is 5.18. The van der Waals surface area contributed by atoms with Gasteiger partial charge in [0.15, 0.2) is 0 Å². The molecule has 12 heavy (non-hydrogen) atoms. The first-order valence-electron chi connectivity index (χ1n) is 4.65. The molecule has 0 saturated carbocycles. The molecule has 1 nitrogen and oxygen atoms in total. The van der Waals surface area contributed by atoms with Crippen molar-refractivity contribution in [1.82, 2.24) is 0 Å². The van der Waals surface area contributed by atoms with Gasteiger partial charge in [-0.3, -0.25) is 0 Å². The molecule has 0 fully saturated rings. The van der Waals surface area contributed by atoms with E-state index in [-0.39, 0.29) is 6.04 Å². The zero-order chi connectivity index (χ0) is 8.81. The van der Waals surface area contributed by atoms with Crippen molar-refractivity contribution in [2.75, 3.05) is 0 Å². The van der Waals surface area contributed by atoms with Crippen LogP contribution in [0, 0.1) is 0 Å². The third-order valence-electron chi connectivity index (χ3n) is 2.10. The molecule has 0 aliphatic carbocycles. The Kier molecular flexibility index (Phi) is 3.81. The van der Waals surface area contributed by atoms with Gasteiger partial charge in [-0.05, 0) is 12.0 Å². The molecule has 0 heterocycles. The Morgan fingerprint density at radius 3 is 2.50 bits per heavy atom. The quantitative estimate of drug-likeness (QED) is 0.725. The maximum Gasteiger partial charge on any atom is 0.0294 e. The molecule has 0 radical (unpaired) electrons. The second-order valence-electron chi connectivity index (χ2n) is 3.16. The summed E-state index contributed by atoms with van der Waals surface area (Å²) < 4.78 is 0. The first-order valence-corrected chi connectivity index (χ1v) is 4.65. The summed E-state index contributed by atoms with van der Waals surface area (Å²) in [6, 6.07) is 10.5. The maximum atomic E-state index is 5.98. The Balaban J connectivity index is 2.48. The summed E-state index contributed by atoms with van der Waals surface area (Å²) in [6.07, 6.45) is 3.54. The Hall–Kier alpha value is -0.820. The zero-order valence-electron chi connectivity index (χ0n) is 7.66. The molecule has 1 heteroatoms. The third-order valence-corrected chi connectivity index (χ3v) is 2.10. The van der Waals surface area contributed by atoms with Crippen LogP contribution in [0.4, 0.5) is 0 Å². The fraction of sp³-hybridized carbons (Fsp3) is 0.455. The molecule has 2 N–H and O–H groups in total. The fourth-order valence-electron chi connectivity index (χ4n) is 1.29. The molecule has 0 unspecified atom stereocenters. The summed E-state index contributed by atoms with van der Waals surface area (Å²) in [5.74, 6) is 0. The van der Waals surface area contributed by atoms with Crippen LogP contribution in [-0.4, -0.2) is 0 Å². The molecule has 1 rings (SSSR count). The smallest absolute Gasteiger partial charge is 0.0294 e. The Morgan fingerprint density at radius 2 is 1.92 bits per heavy atom. The zero-order valence-corrected chi connectivity index (χ0v) is 7.66. The third kappa shape index (κ3) is 2.67. The lowest BCUT2D eigenvalue weighted by Crippen LogP contribution is -2.09. The van der Waals surface area contributed by atoms with E-state index < -0.39 is 0 Å². The minimum Gasteiger partial charge on any atom is -0.324 e. The van der Waals surface area contributed by atoms with Crippen LogP contribution < -0.4 is 5.73 Å². The first kappa shape index (κ1) is 9.27. The molecular weight excluding hydrogens is 146 g/mol. The average molecular weight is 163 g/mol. The van der Waals surface area contributed by atoms with E-state index in [1.165, 1.54) is 18.4 Å². The number of unbranched alkanes of at least 4 members (excludes halogenated alkanes) is 1. The maximum absolute atomic E-state index is 5.98. The van der Waals surface area contributed by atoms with Gasteiger partial charge >= 0.3 is 0 Å². The molecule has 0 aliphatic rings. The SMILES string of the molecule is CCCC[C@@H](N)c1ccccc1. The molecule has 0 spiro atoms. The number of rotatable bonds is 4. The summed E-state index contributed by atoms with van der Waals surface area (Å²) in [6.45, 7) is 2.19. The van der Waals surface area contributed by atoms with Crippen molar-refractivity contribution >= 4 is 0 Å². The lowest BCUT2D eigenvalue weighted by Gasteiger charge is -2.10. The molecular formula is C11H17N. The van der Waals surface area contributed by atoms with E-state index in [9.17, 15) is 0 Å². The van der Waals surface area contributed by atoms with Crippen LogP contribution in [0.5, 0.6) is 0 Å². The summed E-state index contributed by atoms with van der Waals surface area (Å²) in [5, 5.41) is 0.